The molecular formula is C19H16ClF3N4O5S. The summed E-state index contributed by atoms with van der Waals surface area (Å²) in [4.78, 5) is 3.87. The van der Waals surface area contributed by atoms with Crippen LogP contribution in [-0.4, -0.2) is 71.2 Å². The van der Waals surface area contributed by atoms with Crippen molar-refractivity contribution in [1.29, 1.82) is 0 Å². The van der Waals surface area contributed by atoms with Crippen molar-refractivity contribution in [2.45, 2.75) is 29.9 Å². The number of pyridine rings is 1. The number of ether oxygens (including phenoxy) is 2. The van der Waals surface area contributed by atoms with Gasteiger partial charge in [-0.05, 0) is 24.1 Å². The Balaban J connectivity index is 1.54. The first-order valence-electron chi connectivity index (χ1n) is 9.41. The normalized spacial score (nSPS) is 25.2. The molecule has 33 heavy (non-hydrogen) atoms. The third-order valence-corrected chi connectivity index (χ3v) is 6.14. The first-order chi connectivity index (χ1) is 15.8. The van der Waals surface area contributed by atoms with Crippen LogP contribution in [0, 0.1) is 17.5 Å². The Bertz CT molecular complexity index is 1120. The van der Waals surface area contributed by atoms with E-state index in [0.717, 1.165) is 28.2 Å². The van der Waals surface area contributed by atoms with E-state index in [1.165, 1.54) is 24.7 Å². The van der Waals surface area contributed by atoms with E-state index in [1.54, 1.807) is 0 Å². The fourth-order valence-electron chi connectivity index (χ4n) is 3.13. The predicted octanol–water partition coefficient (Wildman–Crippen LogP) is 1.79. The molecule has 9 nitrogen and oxygen atoms in total. The van der Waals surface area contributed by atoms with Crippen LogP contribution in [0.5, 0.6) is 5.75 Å². The number of hydrogen-bond acceptors (Lipinski definition) is 9. The predicted molar refractivity (Wildman–Crippen MR) is 110 cm³/mol. The van der Waals surface area contributed by atoms with E-state index < -0.39 is 53.9 Å². The summed E-state index contributed by atoms with van der Waals surface area (Å²) >= 11 is 6.69. The van der Waals surface area contributed by atoms with E-state index in [4.69, 9.17) is 21.1 Å². The van der Waals surface area contributed by atoms with Crippen molar-refractivity contribution in [2.24, 2.45) is 0 Å². The van der Waals surface area contributed by atoms with Crippen LogP contribution < -0.4 is 4.74 Å². The average Bonchev–Trinajstić information content (AvgIpc) is 3.25. The Morgan fingerprint density at radius 3 is 2.52 bits per heavy atom. The molecule has 3 N–H and O–H groups in total. The molecule has 0 unspecified atom stereocenters. The third-order valence-electron chi connectivity index (χ3n) is 4.74. The smallest absolute Gasteiger partial charge is 0.227 e. The van der Waals surface area contributed by atoms with Gasteiger partial charge in [-0.1, -0.05) is 16.8 Å². The first-order valence-corrected chi connectivity index (χ1v) is 10.6. The molecule has 5 atom stereocenters. The zero-order valence-electron chi connectivity index (χ0n) is 16.4. The third kappa shape index (κ3) is 5.08. The highest BCUT2D eigenvalue weighted by Gasteiger charge is 2.46. The molecule has 0 bridgehead atoms. The van der Waals surface area contributed by atoms with Crippen LogP contribution in [0.1, 0.15) is 0 Å². The van der Waals surface area contributed by atoms with Crippen molar-refractivity contribution in [2.75, 3.05) is 6.61 Å². The van der Waals surface area contributed by atoms with Gasteiger partial charge in [-0.25, -0.2) is 13.2 Å². The molecule has 0 radical (unpaired) electrons. The summed E-state index contributed by atoms with van der Waals surface area (Å²) in [6.07, 6.45) is -1.17. The van der Waals surface area contributed by atoms with E-state index >= 15 is 0 Å². The molecule has 14 heteroatoms. The first kappa shape index (κ1) is 23.7. The number of nitrogens with zero attached hydrogens (tertiary/aromatic N) is 4. The zero-order valence-corrected chi connectivity index (χ0v) is 18.0. The summed E-state index contributed by atoms with van der Waals surface area (Å²) in [7, 11) is 0. The van der Waals surface area contributed by atoms with Gasteiger partial charge in [0.2, 0.25) is 6.29 Å². The summed E-state index contributed by atoms with van der Waals surface area (Å²) in [5.41, 5.74) is -0.0397. The van der Waals surface area contributed by atoms with E-state index in [9.17, 15) is 28.5 Å². The summed E-state index contributed by atoms with van der Waals surface area (Å²) in [6, 6.07) is 2.97. The quantitative estimate of drug-likeness (QED) is 0.431. The Morgan fingerprint density at radius 1 is 1.12 bits per heavy atom. The molecule has 3 heterocycles. The number of halogens is 4. The maximum atomic E-state index is 13.5. The maximum absolute atomic E-state index is 13.5. The average molecular weight is 505 g/mol. The molecule has 0 amide bonds. The molecular weight excluding hydrogens is 489 g/mol. The van der Waals surface area contributed by atoms with Crippen molar-refractivity contribution in [1.82, 2.24) is 19.4 Å². The van der Waals surface area contributed by atoms with E-state index in [0.29, 0.717) is 0 Å². The highest BCUT2D eigenvalue weighted by Crippen LogP contribution is 2.33. The van der Waals surface area contributed by atoms with Gasteiger partial charge >= 0.3 is 0 Å². The highest BCUT2D eigenvalue weighted by molar-refractivity contribution is 7.98. The summed E-state index contributed by atoms with van der Waals surface area (Å²) < 4.78 is 52.5. The standard InChI is InChI=1S/C19H16ClF3N4O5S/c20-9-3-10(5-24-4-9)31-19-17(30)18(16(29)14(7-28)32-19)33-27-6-13(25-26-27)8-1-11(21)15(23)12(22)2-8/h1-6,14,16-19,28-30H,7H2/t14-,16+,17-,18+,19+/m1/s1. The van der Waals surface area contributed by atoms with Gasteiger partial charge in [0.1, 0.15) is 23.7 Å². The van der Waals surface area contributed by atoms with Crippen LogP contribution in [-0.2, 0) is 4.74 Å². The van der Waals surface area contributed by atoms with Gasteiger partial charge in [-0.15, -0.1) is 5.10 Å². The zero-order chi connectivity index (χ0) is 23.7. The van der Waals surface area contributed by atoms with Crippen LogP contribution in [0.3, 0.4) is 0 Å². The Hall–Kier alpha value is -2.42. The molecule has 3 aromatic rings. The van der Waals surface area contributed by atoms with Crippen LogP contribution >= 0.6 is 23.5 Å². The molecule has 4 rings (SSSR count). The van der Waals surface area contributed by atoms with Crippen molar-refractivity contribution in [3.8, 4) is 17.0 Å². The number of aromatic nitrogens is 4. The largest absolute Gasteiger partial charge is 0.460 e. The van der Waals surface area contributed by atoms with E-state index in [-0.39, 0.29) is 22.0 Å². The van der Waals surface area contributed by atoms with Crippen LogP contribution in [0.15, 0.2) is 36.8 Å². The second-order valence-electron chi connectivity index (χ2n) is 6.99. The lowest BCUT2D eigenvalue weighted by Gasteiger charge is -2.41. The molecule has 176 valence electrons. The number of benzene rings is 1. The van der Waals surface area contributed by atoms with Crippen LogP contribution in [0.4, 0.5) is 13.2 Å². The fourth-order valence-corrected chi connectivity index (χ4v) is 4.33. The lowest BCUT2D eigenvalue weighted by Crippen LogP contribution is -2.59. The second-order valence-corrected chi connectivity index (χ2v) is 8.56. The monoisotopic (exact) mass is 504 g/mol. The van der Waals surface area contributed by atoms with Gasteiger partial charge < -0.3 is 24.8 Å². The topological polar surface area (TPSA) is 123 Å². The minimum atomic E-state index is -1.61. The molecule has 0 spiro atoms. The Kier molecular flexibility index (Phi) is 7.07. The fraction of sp³-hybridized carbons (Fsp3) is 0.316. The molecule has 1 aromatic carbocycles. The summed E-state index contributed by atoms with van der Waals surface area (Å²) in [5, 5.41) is 37.8. The van der Waals surface area contributed by atoms with Crippen molar-refractivity contribution < 1.29 is 38.0 Å². The SMILES string of the molecule is OC[C@H]1O[C@H](Oc2cncc(Cl)c2)[C@H](O)[C@@H](Sn2cc(-c3cc(F)c(F)c(F)c3)nn2)[C@H]1O. The maximum Gasteiger partial charge on any atom is 0.227 e. The van der Waals surface area contributed by atoms with Gasteiger partial charge in [0.15, 0.2) is 17.5 Å². The molecule has 2 aromatic heterocycles. The van der Waals surface area contributed by atoms with Crippen molar-refractivity contribution >= 4 is 23.5 Å². The summed E-state index contributed by atoms with van der Waals surface area (Å²) in [6.45, 7) is -0.574. The lowest BCUT2D eigenvalue weighted by atomic mass is 10.0. The lowest BCUT2D eigenvalue weighted by molar-refractivity contribution is -0.237. The van der Waals surface area contributed by atoms with Crippen molar-refractivity contribution in [3.05, 3.63) is 59.3 Å². The number of hydrogen-bond donors (Lipinski definition) is 3. The van der Waals surface area contributed by atoms with E-state index in [1.807, 2.05) is 0 Å². The summed E-state index contributed by atoms with van der Waals surface area (Å²) in [5.74, 6) is -4.19. The van der Waals surface area contributed by atoms with Gasteiger partial charge in [-0.2, -0.15) is 4.09 Å². The number of aliphatic hydroxyl groups excluding tert-OH is 3. The molecule has 0 saturated carbocycles. The minimum Gasteiger partial charge on any atom is -0.460 e. The molecule has 1 fully saturated rings. The van der Waals surface area contributed by atoms with Gasteiger partial charge in [0.05, 0.1) is 35.4 Å². The van der Waals surface area contributed by atoms with Crippen molar-refractivity contribution in [3.63, 3.8) is 0 Å². The molecule has 1 aliphatic rings. The van der Waals surface area contributed by atoms with Gasteiger partial charge in [0, 0.05) is 17.8 Å². The molecule has 1 saturated heterocycles. The molecule has 1 aliphatic heterocycles. The van der Waals surface area contributed by atoms with E-state index in [2.05, 4.69) is 15.3 Å². The minimum absolute atomic E-state index is 0.0212. The van der Waals surface area contributed by atoms with Gasteiger partial charge in [-0.3, -0.25) is 4.98 Å². The Morgan fingerprint density at radius 2 is 1.85 bits per heavy atom. The van der Waals surface area contributed by atoms with Crippen LogP contribution in [0.25, 0.3) is 11.3 Å². The number of rotatable bonds is 6. The Labute approximate surface area is 193 Å². The highest BCUT2D eigenvalue weighted by atomic mass is 35.5. The number of aliphatic hydroxyl groups is 3. The van der Waals surface area contributed by atoms with Crippen LogP contribution in [0.2, 0.25) is 5.02 Å². The molecule has 0 aliphatic carbocycles. The van der Waals surface area contributed by atoms with Gasteiger partial charge in [0.25, 0.3) is 0 Å². The second kappa shape index (κ2) is 9.83.